The number of halogens is 1. The summed E-state index contributed by atoms with van der Waals surface area (Å²) in [6, 6.07) is 0. The van der Waals surface area contributed by atoms with Crippen molar-refractivity contribution in [3.05, 3.63) is 0 Å². The van der Waals surface area contributed by atoms with Gasteiger partial charge in [-0.1, -0.05) is 0 Å². The van der Waals surface area contributed by atoms with Crippen molar-refractivity contribution in [1.82, 2.24) is 14.9 Å². The van der Waals surface area contributed by atoms with E-state index >= 15 is 0 Å². The Kier molecular flexibility index (Phi) is 10.9. The van der Waals surface area contributed by atoms with Crippen molar-refractivity contribution in [2.45, 2.75) is 25.9 Å². The molecular formula is C14H29IN4O3S2. The minimum absolute atomic E-state index is 0. The highest BCUT2D eigenvalue weighted by Gasteiger charge is 2.23. The molecule has 2 N–H and O–H groups in total. The van der Waals surface area contributed by atoms with Crippen LogP contribution in [0.4, 0.5) is 0 Å². The molecule has 2 rings (SSSR count). The summed E-state index contributed by atoms with van der Waals surface area (Å²) in [6.45, 7) is 5.78. The van der Waals surface area contributed by atoms with E-state index in [4.69, 9.17) is 4.74 Å². The van der Waals surface area contributed by atoms with Gasteiger partial charge in [0, 0.05) is 44.3 Å². The number of ether oxygens (including phenoxy) is 1. The molecule has 0 radical (unpaired) electrons. The molecule has 2 saturated heterocycles. The fraction of sp³-hybridized carbons (Fsp3) is 0.929. The number of nitrogens with zero attached hydrogens (tertiary/aromatic N) is 2. The quantitative estimate of drug-likeness (QED) is 0.310. The molecule has 0 aromatic heterocycles. The maximum atomic E-state index is 12.3. The number of nitrogens with one attached hydrogen (secondary N) is 2. The van der Waals surface area contributed by atoms with Crippen LogP contribution in [-0.2, 0) is 14.8 Å². The van der Waals surface area contributed by atoms with Crippen LogP contribution in [0.2, 0.25) is 0 Å². The van der Waals surface area contributed by atoms with Gasteiger partial charge in [0.15, 0.2) is 5.96 Å². The first-order valence-electron chi connectivity index (χ1n) is 8.31. The molecule has 1 unspecified atom stereocenters. The van der Waals surface area contributed by atoms with Crippen LogP contribution < -0.4 is 10.6 Å². The average molecular weight is 492 g/mol. The lowest BCUT2D eigenvalue weighted by Gasteiger charge is -2.25. The molecule has 0 aromatic carbocycles. The molecule has 7 nitrogen and oxygen atoms in total. The maximum Gasteiger partial charge on any atom is 0.215 e. The smallest absolute Gasteiger partial charge is 0.215 e. The van der Waals surface area contributed by atoms with Gasteiger partial charge in [-0.3, -0.25) is 4.99 Å². The Morgan fingerprint density at radius 2 is 2.08 bits per heavy atom. The summed E-state index contributed by atoms with van der Waals surface area (Å²) in [4.78, 5) is 4.49. The molecule has 0 amide bonds. The van der Waals surface area contributed by atoms with Crippen molar-refractivity contribution >= 4 is 51.7 Å². The minimum atomic E-state index is -3.17. The maximum absolute atomic E-state index is 12.3. The van der Waals surface area contributed by atoms with Crippen LogP contribution in [0.5, 0.6) is 0 Å². The van der Waals surface area contributed by atoms with E-state index < -0.39 is 10.0 Å². The zero-order valence-electron chi connectivity index (χ0n) is 14.2. The molecular weight excluding hydrogens is 463 g/mol. The van der Waals surface area contributed by atoms with Gasteiger partial charge in [0.25, 0.3) is 0 Å². The van der Waals surface area contributed by atoms with Crippen LogP contribution in [0.3, 0.4) is 0 Å². The van der Waals surface area contributed by atoms with Crippen LogP contribution in [0, 0.1) is 0 Å². The van der Waals surface area contributed by atoms with Crippen LogP contribution in [0.1, 0.15) is 19.8 Å². The first-order valence-corrected chi connectivity index (χ1v) is 11.1. The van der Waals surface area contributed by atoms with E-state index in [0.717, 1.165) is 37.5 Å². The second-order valence-corrected chi connectivity index (χ2v) is 8.92. The summed E-state index contributed by atoms with van der Waals surface area (Å²) < 4.78 is 31.7. The monoisotopic (exact) mass is 492 g/mol. The summed E-state index contributed by atoms with van der Waals surface area (Å²) in [5.74, 6) is 2.53. The number of hydrogen-bond acceptors (Lipinski definition) is 5. The molecule has 1 atom stereocenters. The molecule has 0 saturated carbocycles. The molecule has 2 aliphatic rings. The van der Waals surface area contributed by atoms with Crippen LogP contribution >= 0.6 is 35.7 Å². The number of sulfonamides is 1. The van der Waals surface area contributed by atoms with Crippen molar-refractivity contribution < 1.29 is 13.2 Å². The van der Waals surface area contributed by atoms with E-state index in [9.17, 15) is 8.42 Å². The fourth-order valence-electron chi connectivity index (χ4n) is 2.58. The Balaban J connectivity index is 0.00000288. The largest absolute Gasteiger partial charge is 0.376 e. The Bertz CT molecular complexity index is 478. The Morgan fingerprint density at radius 1 is 1.33 bits per heavy atom. The van der Waals surface area contributed by atoms with E-state index in [0.29, 0.717) is 32.1 Å². The number of rotatable bonds is 7. The lowest BCUT2D eigenvalue weighted by atomic mass is 10.2. The van der Waals surface area contributed by atoms with Crippen molar-refractivity contribution in [3.8, 4) is 0 Å². The zero-order valence-corrected chi connectivity index (χ0v) is 18.2. The zero-order chi connectivity index (χ0) is 16.5. The number of hydrogen-bond donors (Lipinski definition) is 2. The van der Waals surface area contributed by atoms with Gasteiger partial charge in [-0.25, -0.2) is 12.7 Å². The van der Waals surface area contributed by atoms with Crippen molar-refractivity contribution in [3.63, 3.8) is 0 Å². The summed E-state index contributed by atoms with van der Waals surface area (Å²) in [7, 11) is -3.17. The third-order valence-electron chi connectivity index (χ3n) is 3.84. The van der Waals surface area contributed by atoms with Gasteiger partial charge in [0.2, 0.25) is 10.0 Å². The summed E-state index contributed by atoms with van der Waals surface area (Å²) in [6.07, 6.45) is 2.33. The van der Waals surface area contributed by atoms with Crippen molar-refractivity contribution in [1.29, 1.82) is 0 Å². The van der Waals surface area contributed by atoms with E-state index in [1.165, 1.54) is 0 Å². The predicted molar refractivity (Wildman–Crippen MR) is 111 cm³/mol. The van der Waals surface area contributed by atoms with Crippen molar-refractivity contribution in [2.75, 3.05) is 56.6 Å². The third kappa shape index (κ3) is 7.63. The van der Waals surface area contributed by atoms with Gasteiger partial charge in [-0.05, 0) is 19.8 Å². The van der Waals surface area contributed by atoms with Gasteiger partial charge >= 0.3 is 0 Å². The standard InChI is InChI=1S/C14H28N4O3S2.HI/c1-2-15-14(17-12-13-4-3-8-21-13)16-5-11-23(19,20)18-6-9-22-10-7-18;/h13H,2-12H2,1H3,(H2,15,16,17);1H. The normalized spacial score (nSPS) is 22.9. The van der Waals surface area contributed by atoms with Crippen LogP contribution in [-0.4, -0.2) is 81.4 Å². The van der Waals surface area contributed by atoms with Gasteiger partial charge in [-0.15, -0.1) is 24.0 Å². The van der Waals surface area contributed by atoms with E-state index in [1.807, 2.05) is 6.92 Å². The van der Waals surface area contributed by atoms with Crippen molar-refractivity contribution in [2.24, 2.45) is 4.99 Å². The highest BCUT2D eigenvalue weighted by molar-refractivity contribution is 14.0. The Hall–Kier alpha value is 0.220. The molecule has 10 heteroatoms. The molecule has 0 spiro atoms. The molecule has 24 heavy (non-hydrogen) atoms. The molecule has 2 aliphatic heterocycles. The molecule has 0 bridgehead atoms. The molecule has 0 aromatic rings. The highest BCUT2D eigenvalue weighted by Crippen LogP contribution is 2.13. The van der Waals surface area contributed by atoms with Gasteiger partial charge in [0.05, 0.1) is 18.4 Å². The molecule has 142 valence electrons. The first kappa shape index (κ1) is 22.3. The number of aliphatic imine (C=N–C) groups is 1. The van der Waals surface area contributed by atoms with Gasteiger partial charge in [-0.2, -0.15) is 11.8 Å². The highest BCUT2D eigenvalue weighted by atomic mass is 127. The lowest BCUT2D eigenvalue weighted by molar-refractivity contribution is 0.117. The second kappa shape index (κ2) is 11.8. The average Bonchev–Trinajstić information content (AvgIpc) is 3.07. The fourth-order valence-corrected chi connectivity index (χ4v) is 5.07. The van der Waals surface area contributed by atoms with Gasteiger partial charge in [0.1, 0.15) is 0 Å². The number of thioether (sulfide) groups is 1. The topological polar surface area (TPSA) is 83.0 Å². The first-order chi connectivity index (χ1) is 11.1. The summed E-state index contributed by atoms with van der Waals surface area (Å²) >= 11 is 1.81. The second-order valence-electron chi connectivity index (χ2n) is 5.61. The van der Waals surface area contributed by atoms with Crippen LogP contribution in [0.15, 0.2) is 4.99 Å². The van der Waals surface area contributed by atoms with E-state index in [2.05, 4.69) is 15.6 Å². The molecule has 0 aliphatic carbocycles. The predicted octanol–water partition coefficient (Wildman–Crippen LogP) is 0.717. The lowest BCUT2D eigenvalue weighted by Crippen LogP contribution is -2.44. The molecule has 2 fully saturated rings. The Morgan fingerprint density at radius 3 is 2.71 bits per heavy atom. The summed E-state index contributed by atoms with van der Waals surface area (Å²) in [5.41, 5.74) is 0. The van der Waals surface area contributed by atoms with Crippen LogP contribution in [0.25, 0.3) is 0 Å². The van der Waals surface area contributed by atoms with E-state index in [1.54, 1.807) is 16.1 Å². The Labute approximate surface area is 166 Å². The number of guanidine groups is 1. The van der Waals surface area contributed by atoms with Gasteiger partial charge < -0.3 is 15.4 Å². The third-order valence-corrected chi connectivity index (χ3v) is 6.65. The minimum Gasteiger partial charge on any atom is -0.376 e. The SMILES string of the molecule is CCNC(=NCC1CCCO1)NCCS(=O)(=O)N1CCSCC1.I. The van der Waals surface area contributed by atoms with E-state index in [-0.39, 0.29) is 35.8 Å². The molecule has 2 heterocycles. The summed E-state index contributed by atoms with van der Waals surface area (Å²) in [5, 5.41) is 6.26.